The molecule has 0 aliphatic carbocycles. The second-order valence-corrected chi connectivity index (χ2v) is 1.90. The minimum Gasteiger partial charge on any atom is -0.289 e. The molecule has 1 rings (SSSR count). The van der Waals surface area contributed by atoms with Crippen LogP contribution < -0.4 is 4.90 Å². The number of aromatic nitrogens is 2. The summed E-state index contributed by atoms with van der Waals surface area (Å²) in [5.74, 6) is 0.581. The van der Waals surface area contributed by atoms with E-state index in [0.29, 0.717) is 12.4 Å². The summed E-state index contributed by atoms with van der Waals surface area (Å²) in [6, 6.07) is 1.66. The summed E-state index contributed by atoms with van der Waals surface area (Å²) in [5.41, 5.74) is 0. The predicted octanol–water partition coefficient (Wildman–Crippen LogP) is 0.370. The van der Waals surface area contributed by atoms with Crippen molar-refractivity contribution < 1.29 is 4.79 Å². The van der Waals surface area contributed by atoms with E-state index in [2.05, 4.69) is 9.97 Å². The van der Waals surface area contributed by atoms with E-state index in [1.165, 1.54) is 11.2 Å². The van der Waals surface area contributed by atoms with Crippen LogP contribution in [0.1, 0.15) is 6.92 Å². The monoisotopic (exact) mass is 150 g/mol. The van der Waals surface area contributed by atoms with E-state index >= 15 is 0 Å². The van der Waals surface area contributed by atoms with Gasteiger partial charge in [-0.25, -0.2) is 9.97 Å². The first-order valence-electron chi connectivity index (χ1n) is 3.29. The molecule has 1 aromatic heterocycles. The van der Waals surface area contributed by atoms with Crippen LogP contribution in [-0.2, 0) is 4.79 Å². The topological polar surface area (TPSA) is 46.1 Å². The van der Waals surface area contributed by atoms with Crippen molar-refractivity contribution in [3.63, 3.8) is 0 Å². The second-order valence-electron chi connectivity index (χ2n) is 1.90. The van der Waals surface area contributed by atoms with Crippen LogP contribution >= 0.6 is 0 Å². The van der Waals surface area contributed by atoms with E-state index < -0.39 is 0 Å². The van der Waals surface area contributed by atoms with Gasteiger partial charge in [-0.2, -0.15) is 0 Å². The number of hydrogen-bond acceptors (Lipinski definition) is 3. The van der Waals surface area contributed by atoms with Gasteiger partial charge < -0.3 is 0 Å². The van der Waals surface area contributed by atoms with Crippen molar-refractivity contribution in [2.24, 2.45) is 0 Å². The van der Waals surface area contributed by atoms with E-state index in [0.717, 1.165) is 0 Å². The van der Waals surface area contributed by atoms with Gasteiger partial charge in [0.1, 0.15) is 12.1 Å². The molecule has 4 heteroatoms. The van der Waals surface area contributed by atoms with Crippen molar-refractivity contribution in [3.05, 3.63) is 18.6 Å². The van der Waals surface area contributed by atoms with Gasteiger partial charge in [-0.3, -0.25) is 9.69 Å². The summed E-state index contributed by atoms with van der Waals surface area (Å²) < 4.78 is 0. The highest BCUT2D eigenvalue weighted by atomic mass is 16.1. The lowest BCUT2D eigenvalue weighted by Crippen LogP contribution is -2.20. The van der Waals surface area contributed by atoms with Crippen LogP contribution in [0.2, 0.25) is 0 Å². The van der Waals surface area contributed by atoms with Crippen molar-refractivity contribution in [3.8, 4) is 0 Å². The summed E-state index contributed by atoms with van der Waals surface area (Å²) in [5, 5.41) is 0. The van der Waals surface area contributed by atoms with Gasteiger partial charge in [0.15, 0.2) is 0 Å². The first-order chi connectivity index (χ1) is 5.38. The molecule has 0 aromatic carbocycles. The lowest BCUT2D eigenvalue weighted by Gasteiger charge is -2.10. The summed E-state index contributed by atoms with van der Waals surface area (Å²) in [7, 11) is 0. The van der Waals surface area contributed by atoms with E-state index in [9.17, 15) is 4.79 Å². The van der Waals surface area contributed by atoms with E-state index in [1.54, 1.807) is 18.7 Å². The summed E-state index contributed by atoms with van der Waals surface area (Å²) in [4.78, 5) is 19.3. The molecule has 1 heterocycles. The Labute approximate surface area is 64.9 Å². The Morgan fingerprint density at radius 2 is 2.55 bits per heavy atom. The molecular formula is C7H8N3O. The zero-order valence-corrected chi connectivity index (χ0v) is 6.19. The highest BCUT2D eigenvalue weighted by Crippen LogP contribution is 2.03. The zero-order chi connectivity index (χ0) is 8.10. The smallest absolute Gasteiger partial charge is 0.289 e. The minimum absolute atomic E-state index is 0.570. The Morgan fingerprint density at radius 3 is 3.00 bits per heavy atom. The summed E-state index contributed by atoms with van der Waals surface area (Å²) >= 11 is 0. The maximum Gasteiger partial charge on any atom is 0.318 e. The third kappa shape index (κ3) is 1.73. The Hall–Kier alpha value is -1.45. The molecule has 1 radical (unpaired) electrons. The van der Waals surface area contributed by atoms with Crippen molar-refractivity contribution in [1.82, 2.24) is 9.97 Å². The summed E-state index contributed by atoms with van der Waals surface area (Å²) in [6.45, 7) is 2.42. The molecule has 4 nitrogen and oxygen atoms in total. The Kier molecular flexibility index (Phi) is 2.54. The summed E-state index contributed by atoms with van der Waals surface area (Å²) in [6.07, 6.45) is 4.74. The van der Waals surface area contributed by atoms with Gasteiger partial charge >= 0.3 is 6.41 Å². The molecule has 1 amide bonds. The first kappa shape index (κ1) is 7.65. The van der Waals surface area contributed by atoms with E-state index in [1.807, 2.05) is 6.92 Å². The van der Waals surface area contributed by atoms with Crippen molar-refractivity contribution in [1.29, 1.82) is 0 Å². The van der Waals surface area contributed by atoms with Gasteiger partial charge in [-0.1, -0.05) is 0 Å². The molecule has 0 N–H and O–H groups in total. The zero-order valence-electron chi connectivity index (χ0n) is 6.19. The molecule has 57 valence electrons. The van der Waals surface area contributed by atoms with Gasteiger partial charge in [0.25, 0.3) is 0 Å². The molecule has 11 heavy (non-hydrogen) atoms. The Balaban J connectivity index is 2.82. The largest absolute Gasteiger partial charge is 0.318 e. The lowest BCUT2D eigenvalue weighted by molar-refractivity contribution is 0.551. The fourth-order valence-corrected chi connectivity index (χ4v) is 0.717. The quantitative estimate of drug-likeness (QED) is 0.585. The maximum atomic E-state index is 10.3. The average molecular weight is 150 g/mol. The van der Waals surface area contributed by atoms with Gasteiger partial charge in [0.2, 0.25) is 0 Å². The van der Waals surface area contributed by atoms with Crippen LogP contribution in [0, 0.1) is 0 Å². The molecule has 0 aliphatic heterocycles. The molecule has 0 unspecified atom stereocenters. The molecule has 0 fully saturated rings. The fraction of sp³-hybridized carbons (Fsp3) is 0.286. The first-order valence-corrected chi connectivity index (χ1v) is 3.29. The number of hydrogen-bond donors (Lipinski definition) is 0. The molecule has 0 saturated carbocycles. The van der Waals surface area contributed by atoms with Crippen LogP contribution in [-0.4, -0.2) is 22.9 Å². The third-order valence-electron chi connectivity index (χ3n) is 1.27. The SMILES string of the molecule is CCN([C]=O)c1ccncn1. The molecule has 0 bridgehead atoms. The lowest BCUT2D eigenvalue weighted by atomic mass is 10.5. The van der Waals surface area contributed by atoms with Crippen LogP contribution in [0.3, 0.4) is 0 Å². The van der Waals surface area contributed by atoms with Crippen molar-refractivity contribution in [2.45, 2.75) is 6.92 Å². The van der Waals surface area contributed by atoms with Crippen LogP contribution in [0.25, 0.3) is 0 Å². The molecule has 0 spiro atoms. The molecular weight excluding hydrogens is 142 g/mol. The number of carbonyl (C=O) groups excluding carboxylic acids is 1. The average Bonchev–Trinajstić information content (AvgIpc) is 2.09. The maximum absolute atomic E-state index is 10.3. The predicted molar refractivity (Wildman–Crippen MR) is 40.7 cm³/mol. The third-order valence-corrected chi connectivity index (χ3v) is 1.27. The number of amides is 1. The minimum atomic E-state index is 0.570. The van der Waals surface area contributed by atoms with Gasteiger partial charge in [0.05, 0.1) is 0 Å². The van der Waals surface area contributed by atoms with E-state index in [4.69, 9.17) is 0 Å². The van der Waals surface area contributed by atoms with Crippen molar-refractivity contribution in [2.75, 3.05) is 11.4 Å². The van der Waals surface area contributed by atoms with Gasteiger partial charge in [-0.15, -0.1) is 0 Å². The van der Waals surface area contributed by atoms with Crippen LogP contribution in [0.5, 0.6) is 0 Å². The second kappa shape index (κ2) is 3.65. The Bertz CT molecular complexity index is 224. The normalized spacial score (nSPS) is 9.18. The molecule has 0 aliphatic rings. The fourth-order valence-electron chi connectivity index (χ4n) is 0.717. The standard InChI is InChI=1S/C7H8N3O/c1-2-10(6-11)7-3-4-8-5-9-7/h3-5H,2H2,1H3. The molecule has 0 saturated heterocycles. The highest BCUT2D eigenvalue weighted by Gasteiger charge is 2.02. The van der Waals surface area contributed by atoms with Gasteiger partial charge in [-0.05, 0) is 13.0 Å². The number of rotatable bonds is 3. The number of anilines is 1. The van der Waals surface area contributed by atoms with E-state index in [-0.39, 0.29) is 0 Å². The van der Waals surface area contributed by atoms with Crippen molar-refractivity contribution >= 4 is 12.2 Å². The van der Waals surface area contributed by atoms with Crippen LogP contribution in [0.4, 0.5) is 5.82 Å². The molecule has 0 atom stereocenters. The van der Waals surface area contributed by atoms with Crippen LogP contribution in [0.15, 0.2) is 18.6 Å². The number of nitrogens with zero attached hydrogens (tertiary/aromatic N) is 3. The molecule has 1 aromatic rings. The van der Waals surface area contributed by atoms with Gasteiger partial charge in [0, 0.05) is 12.7 Å². The Morgan fingerprint density at radius 1 is 1.73 bits per heavy atom. The highest BCUT2D eigenvalue weighted by molar-refractivity contribution is 5.72.